The van der Waals surface area contributed by atoms with Gasteiger partial charge in [0.1, 0.15) is 5.76 Å². The van der Waals surface area contributed by atoms with Crippen LogP contribution in [0.3, 0.4) is 0 Å². The summed E-state index contributed by atoms with van der Waals surface area (Å²) in [4.78, 5) is 20.1. The highest BCUT2D eigenvalue weighted by Gasteiger charge is 2.13. The lowest BCUT2D eigenvalue weighted by molar-refractivity contribution is 0.0951. The second-order valence-electron chi connectivity index (χ2n) is 6.76. The standard InChI is InChI=1S/C22H25N3O2S/c1-16-20(15-28-19-7-5-4-6-8-19)24-22(27-16)18-11-9-17(10-12-18)21(26)23-13-14-25(2)3/h4-12H,13-15H2,1-3H3,(H,23,26). The van der Waals surface area contributed by atoms with Gasteiger partial charge in [0.25, 0.3) is 5.91 Å². The van der Waals surface area contributed by atoms with Gasteiger partial charge in [-0.1, -0.05) is 18.2 Å². The number of aryl methyl sites for hydroxylation is 1. The molecule has 1 aromatic heterocycles. The monoisotopic (exact) mass is 395 g/mol. The van der Waals surface area contributed by atoms with Crippen LogP contribution in [0.4, 0.5) is 0 Å². The van der Waals surface area contributed by atoms with Crippen LogP contribution < -0.4 is 5.32 Å². The summed E-state index contributed by atoms with van der Waals surface area (Å²) < 4.78 is 5.85. The molecule has 1 amide bonds. The molecule has 6 heteroatoms. The lowest BCUT2D eigenvalue weighted by Crippen LogP contribution is -2.31. The zero-order valence-corrected chi connectivity index (χ0v) is 17.3. The summed E-state index contributed by atoms with van der Waals surface area (Å²) in [5, 5.41) is 2.91. The molecule has 3 aromatic rings. The van der Waals surface area contributed by atoms with E-state index in [4.69, 9.17) is 4.42 Å². The molecule has 0 unspecified atom stereocenters. The summed E-state index contributed by atoms with van der Waals surface area (Å²) in [7, 11) is 3.96. The van der Waals surface area contributed by atoms with Gasteiger partial charge in [0.2, 0.25) is 5.89 Å². The van der Waals surface area contributed by atoms with E-state index in [0.717, 1.165) is 29.3 Å². The SMILES string of the molecule is Cc1oc(-c2ccc(C(=O)NCCN(C)C)cc2)nc1CSc1ccccc1. The second kappa shape index (κ2) is 9.57. The molecular formula is C22H25N3O2S. The second-order valence-corrected chi connectivity index (χ2v) is 7.81. The molecule has 0 radical (unpaired) electrons. The number of amides is 1. The van der Waals surface area contributed by atoms with Crippen molar-refractivity contribution < 1.29 is 9.21 Å². The van der Waals surface area contributed by atoms with Gasteiger partial charge in [-0.05, 0) is 57.4 Å². The number of likely N-dealkylation sites (N-methyl/N-ethyl adjacent to an activating group) is 1. The summed E-state index contributed by atoms with van der Waals surface area (Å²) >= 11 is 1.73. The zero-order chi connectivity index (χ0) is 19.9. The van der Waals surface area contributed by atoms with Gasteiger partial charge in [-0.2, -0.15) is 0 Å². The maximum absolute atomic E-state index is 12.2. The number of carbonyl (C=O) groups is 1. The maximum atomic E-state index is 12.2. The van der Waals surface area contributed by atoms with Crippen LogP contribution in [-0.2, 0) is 5.75 Å². The van der Waals surface area contributed by atoms with Crippen LogP contribution in [0.1, 0.15) is 21.8 Å². The highest BCUT2D eigenvalue weighted by molar-refractivity contribution is 7.98. The first-order valence-electron chi connectivity index (χ1n) is 9.20. The van der Waals surface area contributed by atoms with Crippen LogP contribution in [0.2, 0.25) is 0 Å². The van der Waals surface area contributed by atoms with E-state index in [1.54, 1.807) is 23.9 Å². The van der Waals surface area contributed by atoms with Crippen molar-refractivity contribution in [3.63, 3.8) is 0 Å². The number of rotatable bonds is 8. The molecule has 3 rings (SSSR count). The predicted octanol–water partition coefficient (Wildman–Crippen LogP) is 4.23. The fourth-order valence-electron chi connectivity index (χ4n) is 2.61. The molecule has 0 bridgehead atoms. The molecule has 0 aliphatic rings. The molecule has 5 nitrogen and oxygen atoms in total. The summed E-state index contributed by atoms with van der Waals surface area (Å²) in [6, 6.07) is 17.6. The van der Waals surface area contributed by atoms with E-state index in [-0.39, 0.29) is 5.91 Å². The van der Waals surface area contributed by atoms with Crippen LogP contribution in [0.5, 0.6) is 0 Å². The third kappa shape index (κ3) is 5.47. The van der Waals surface area contributed by atoms with Crippen molar-refractivity contribution in [2.45, 2.75) is 17.6 Å². The van der Waals surface area contributed by atoms with Gasteiger partial charge in [-0.3, -0.25) is 4.79 Å². The van der Waals surface area contributed by atoms with Gasteiger partial charge in [0.05, 0.1) is 5.69 Å². The average Bonchev–Trinajstić information content (AvgIpc) is 3.07. The number of aromatic nitrogens is 1. The van der Waals surface area contributed by atoms with Crippen LogP contribution in [0.25, 0.3) is 11.5 Å². The minimum absolute atomic E-state index is 0.0723. The van der Waals surface area contributed by atoms with E-state index < -0.39 is 0 Å². The number of hydrogen-bond acceptors (Lipinski definition) is 5. The lowest BCUT2D eigenvalue weighted by atomic mass is 10.1. The Morgan fingerprint density at radius 1 is 1.11 bits per heavy atom. The molecule has 0 fully saturated rings. The Morgan fingerprint density at radius 3 is 2.50 bits per heavy atom. The first-order chi connectivity index (χ1) is 13.5. The van der Waals surface area contributed by atoms with Gasteiger partial charge in [-0.25, -0.2) is 4.98 Å². The van der Waals surface area contributed by atoms with Crippen molar-refractivity contribution >= 4 is 17.7 Å². The summed E-state index contributed by atoms with van der Waals surface area (Å²) in [5.41, 5.74) is 2.43. The number of thioether (sulfide) groups is 1. The van der Waals surface area contributed by atoms with E-state index in [1.807, 2.05) is 56.3 Å². The topological polar surface area (TPSA) is 58.4 Å². The van der Waals surface area contributed by atoms with Gasteiger partial charge in [0.15, 0.2) is 0 Å². The number of nitrogens with zero attached hydrogens (tertiary/aromatic N) is 2. The van der Waals surface area contributed by atoms with Crippen molar-refractivity contribution in [3.05, 3.63) is 71.6 Å². The van der Waals surface area contributed by atoms with E-state index >= 15 is 0 Å². The third-order valence-corrected chi connectivity index (χ3v) is 5.27. The Kier molecular flexibility index (Phi) is 6.90. The van der Waals surface area contributed by atoms with Gasteiger partial charge >= 0.3 is 0 Å². The molecule has 0 saturated heterocycles. The minimum atomic E-state index is -0.0723. The summed E-state index contributed by atoms with van der Waals surface area (Å²) in [6.45, 7) is 3.36. The third-order valence-electron chi connectivity index (χ3n) is 4.25. The van der Waals surface area contributed by atoms with Crippen molar-refractivity contribution in [1.82, 2.24) is 15.2 Å². The molecule has 0 aliphatic heterocycles. The molecule has 28 heavy (non-hydrogen) atoms. The number of oxazole rings is 1. The van der Waals surface area contributed by atoms with Crippen molar-refractivity contribution in [2.24, 2.45) is 0 Å². The van der Waals surface area contributed by atoms with Crippen LogP contribution in [0.15, 0.2) is 63.9 Å². The maximum Gasteiger partial charge on any atom is 0.251 e. The molecule has 0 aliphatic carbocycles. The highest BCUT2D eigenvalue weighted by atomic mass is 32.2. The Labute approximate surface area is 170 Å². The van der Waals surface area contributed by atoms with Crippen molar-refractivity contribution in [2.75, 3.05) is 27.2 Å². The molecular weight excluding hydrogens is 370 g/mol. The van der Waals surface area contributed by atoms with E-state index in [0.29, 0.717) is 18.0 Å². The predicted molar refractivity (Wildman–Crippen MR) is 114 cm³/mol. The smallest absolute Gasteiger partial charge is 0.251 e. The Balaban J connectivity index is 1.63. The minimum Gasteiger partial charge on any atom is -0.441 e. The van der Waals surface area contributed by atoms with E-state index in [9.17, 15) is 4.79 Å². The van der Waals surface area contributed by atoms with E-state index in [1.165, 1.54) is 4.90 Å². The Morgan fingerprint density at radius 2 is 1.82 bits per heavy atom. The molecule has 2 aromatic carbocycles. The van der Waals surface area contributed by atoms with Crippen LogP contribution in [0, 0.1) is 6.92 Å². The first kappa shape index (κ1) is 20.2. The molecule has 1 N–H and O–H groups in total. The van der Waals surface area contributed by atoms with Gasteiger partial charge in [0, 0.05) is 34.9 Å². The number of nitrogens with one attached hydrogen (secondary N) is 1. The van der Waals surface area contributed by atoms with Crippen molar-refractivity contribution in [3.8, 4) is 11.5 Å². The fourth-order valence-corrected chi connectivity index (χ4v) is 3.53. The van der Waals surface area contributed by atoms with E-state index in [2.05, 4.69) is 22.4 Å². The van der Waals surface area contributed by atoms with Crippen LogP contribution in [-0.4, -0.2) is 43.0 Å². The molecule has 146 valence electrons. The number of hydrogen-bond donors (Lipinski definition) is 1. The molecule has 0 spiro atoms. The zero-order valence-electron chi connectivity index (χ0n) is 16.4. The number of benzene rings is 2. The lowest BCUT2D eigenvalue weighted by Gasteiger charge is -2.10. The molecule has 0 saturated carbocycles. The summed E-state index contributed by atoms with van der Waals surface area (Å²) in [6.07, 6.45) is 0. The quantitative estimate of drug-likeness (QED) is 0.578. The normalized spacial score (nSPS) is 11.0. The van der Waals surface area contributed by atoms with Crippen LogP contribution >= 0.6 is 11.8 Å². The fraction of sp³-hybridized carbons (Fsp3) is 0.273. The number of carbonyl (C=O) groups excluding carboxylic acids is 1. The van der Waals surface area contributed by atoms with Crippen molar-refractivity contribution in [1.29, 1.82) is 0 Å². The molecule has 0 atom stereocenters. The first-order valence-corrected chi connectivity index (χ1v) is 10.2. The highest BCUT2D eigenvalue weighted by Crippen LogP contribution is 2.27. The summed E-state index contributed by atoms with van der Waals surface area (Å²) in [5.74, 6) is 2.09. The van der Waals surface area contributed by atoms with Gasteiger partial charge in [-0.15, -0.1) is 11.8 Å². The van der Waals surface area contributed by atoms with Gasteiger partial charge < -0.3 is 14.6 Å². The molecule has 1 heterocycles. The Bertz CT molecular complexity index is 905. The average molecular weight is 396 g/mol. The largest absolute Gasteiger partial charge is 0.441 e. The Hall–Kier alpha value is -2.57.